The van der Waals surface area contributed by atoms with Crippen LogP contribution in [0.4, 0.5) is 0 Å². The van der Waals surface area contributed by atoms with Crippen molar-refractivity contribution in [3.05, 3.63) is 50.4 Å². The van der Waals surface area contributed by atoms with Gasteiger partial charge < -0.3 is 9.84 Å². The van der Waals surface area contributed by atoms with E-state index in [1.54, 1.807) is 12.1 Å². The number of aromatic hydroxyl groups is 1. The van der Waals surface area contributed by atoms with Gasteiger partial charge in [0.25, 0.3) is 10.0 Å². The first-order valence-corrected chi connectivity index (χ1v) is 9.34. The lowest BCUT2D eigenvalue weighted by atomic mass is 10.2. The Bertz CT molecular complexity index is 904. The number of sulfonamides is 1. The molecule has 24 heavy (non-hydrogen) atoms. The molecular formula is C14H11BrCl2N2O4S. The van der Waals surface area contributed by atoms with Gasteiger partial charge in [-0.3, -0.25) is 0 Å². The third-order valence-electron chi connectivity index (χ3n) is 2.87. The molecule has 0 spiro atoms. The molecule has 2 aromatic rings. The minimum atomic E-state index is -3.92. The molecule has 0 aliphatic carbocycles. The summed E-state index contributed by atoms with van der Waals surface area (Å²) in [6.45, 7) is 0. The fourth-order valence-electron chi connectivity index (χ4n) is 1.71. The van der Waals surface area contributed by atoms with Crippen molar-refractivity contribution in [3.63, 3.8) is 0 Å². The van der Waals surface area contributed by atoms with Gasteiger partial charge in [-0.1, -0.05) is 39.1 Å². The largest absolute Gasteiger partial charge is 0.504 e. The molecule has 2 N–H and O–H groups in total. The van der Waals surface area contributed by atoms with Crippen LogP contribution in [0.15, 0.2) is 44.8 Å². The molecule has 0 radical (unpaired) electrons. The van der Waals surface area contributed by atoms with Crippen molar-refractivity contribution in [2.75, 3.05) is 7.11 Å². The molecule has 0 aliphatic rings. The third kappa shape index (κ3) is 4.32. The number of hydrogen-bond acceptors (Lipinski definition) is 5. The summed E-state index contributed by atoms with van der Waals surface area (Å²) >= 11 is 14.8. The molecule has 0 saturated carbocycles. The van der Waals surface area contributed by atoms with E-state index in [2.05, 4.69) is 21.0 Å². The molecule has 0 atom stereocenters. The normalized spacial score (nSPS) is 11.7. The molecule has 0 aliphatic heterocycles. The Morgan fingerprint density at radius 1 is 1.25 bits per heavy atom. The van der Waals surface area contributed by atoms with E-state index in [-0.39, 0.29) is 32.0 Å². The van der Waals surface area contributed by atoms with Crippen LogP contribution in [0.25, 0.3) is 0 Å². The zero-order valence-corrected chi connectivity index (χ0v) is 16.0. The lowest BCUT2D eigenvalue weighted by Crippen LogP contribution is -2.18. The Morgan fingerprint density at radius 3 is 2.58 bits per heavy atom. The molecule has 0 heterocycles. The molecular weight excluding hydrogens is 443 g/mol. The highest BCUT2D eigenvalue weighted by molar-refractivity contribution is 9.10. The van der Waals surface area contributed by atoms with Crippen LogP contribution in [0.5, 0.6) is 11.5 Å². The molecule has 0 unspecified atom stereocenters. The van der Waals surface area contributed by atoms with Crippen molar-refractivity contribution >= 4 is 55.4 Å². The Morgan fingerprint density at radius 2 is 1.96 bits per heavy atom. The number of phenolic OH excluding ortho intramolecular Hbond substituents is 1. The van der Waals surface area contributed by atoms with Crippen molar-refractivity contribution in [1.29, 1.82) is 0 Å². The van der Waals surface area contributed by atoms with Crippen LogP contribution in [-0.2, 0) is 10.0 Å². The fraction of sp³-hybridized carbons (Fsp3) is 0.0714. The second-order valence-electron chi connectivity index (χ2n) is 4.47. The Kier molecular flexibility index (Phi) is 5.97. The third-order valence-corrected chi connectivity index (χ3v) is 5.28. The van der Waals surface area contributed by atoms with Crippen LogP contribution >= 0.6 is 39.1 Å². The maximum Gasteiger partial charge on any atom is 0.276 e. The average Bonchev–Trinajstić information content (AvgIpc) is 2.52. The second kappa shape index (κ2) is 7.60. The highest BCUT2D eigenvalue weighted by atomic mass is 79.9. The zero-order chi connectivity index (χ0) is 17.9. The van der Waals surface area contributed by atoms with Crippen molar-refractivity contribution in [3.8, 4) is 11.5 Å². The number of nitrogens with one attached hydrogen (secondary N) is 1. The van der Waals surface area contributed by atoms with Crippen molar-refractivity contribution in [1.82, 2.24) is 4.83 Å². The maximum absolute atomic E-state index is 12.1. The van der Waals surface area contributed by atoms with E-state index in [4.69, 9.17) is 27.9 Å². The van der Waals surface area contributed by atoms with E-state index in [1.807, 2.05) is 4.83 Å². The number of benzene rings is 2. The second-order valence-corrected chi connectivity index (χ2v) is 7.87. The predicted molar refractivity (Wildman–Crippen MR) is 96.7 cm³/mol. The van der Waals surface area contributed by atoms with Crippen molar-refractivity contribution in [2.24, 2.45) is 5.10 Å². The highest BCUT2D eigenvalue weighted by Gasteiger charge is 2.15. The summed E-state index contributed by atoms with van der Waals surface area (Å²) in [5.74, 6) is 0.0522. The van der Waals surface area contributed by atoms with Crippen LogP contribution in [0.3, 0.4) is 0 Å². The minimum Gasteiger partial charge on any atom is -0.504 e. The van der Waals surface area contributed by atoms with Crippen molar-refractivity contribution in [2.45, 2.75) is 4.90 Å². The molecule has 0 aromatic heterocycles. The van der Waals surface area contributed by atoms with Crippen molar-refractivity contribution < 1.29 is 18.3 Å². The first-order chi connectivity index (χ1) is 11.2. The van der Waals surface area contributed by atoms with Gasteiger partial charge in [0.2, 0.25) is 0 Å². The van der Waals surface area contributed by atoms with Gasteiger partial charge in [0.15, 0.2) is 11.5 Å². The van der Waals surface area contributed by atoms with E-state index in [1.165, 1.54) is 25.3 Å². The molecule has 128 valence electrons. The Balaban J connectivity index is 2.25. The number of methoxy groups -OCH3 is 1. The highest BCUT2D eigenvalue weighted by Crippen LogP contribution is 2.32. The van der Waals surface area contributed by atoms with Crippen LogP contribution in [0.1, 0.15) is 5.56 Å². The molecule has 6 nitrogen and oxygen atoms in total. The van der Waals surface area contributed by atoms with E-state index in [9.17, 15) is 13.5 Å². The Labute approximate surface area is 157 Å². The Hall–Kier alpha value is -1.48. The minimum absolute atomic E-state index is 0.0925. The zero-order valence-electron chi connectivity index (χ0n) is 12.1. The van der Waals surface area contributed by atoms with Gasteiger partial charge in [-0.15, -0.1) is 0 Å². The fourth-order valence-corrected chi connectivity index (χ4v) is 3.34. The first kappa shape index (κ1) is 18.9. The molecule has 10 heteroatoms. The van der Waals surface area contributed by atoms with E-state index in [0.717, 1.165) is 6.21 Å². The predicted octanol–water partition coefficient (Wildman–Crippen LogP) is 3.78. The van der Waals surface area contributed by atoms with E-state index >= 15 is 0 Å². The summed E-state index contributed by atoms with van der Waals surface area (Å²) in [6.07, 6.45) is 1.15. The van der Waals surface area contributed by atoms with Gasteiger partial charge >= 0.3 is 0 Å². The monoisotopic (exact) mass is 452 g/mol. The van der Waals surface area contributed by atoms with E-state index in [0.29, 0.717) is 4.47 Å². The van der Waals surface area contributed by atoms with Crippen LogP contribution < -0.4 is 9.57 Å². The molecule has 2 aromatic carbocycles. The standard InChI is InChI=1S/C14H11BrCl2N2O4S/c1-23-13-5-9(15)4-8(14(13)20)7-18-19-24(21,22)10-2-3-11(16)12(17)6-10/h2-7,19-20H,1H3/b18-7+. The summed E-state index contributed by atoms with van der Waals surface area (Å²) in [7, 11) is -2.53. The summed E-state index contributed by atoms with van der Waals surface area (Å²) in [5, 5.41) is 14.0. The maximum atomic E-state index is 12.1. The number of hydrogen-bond donors (Lipinski definition) is 2. The van der Waals surface area contributed by atoms with E-state index < -0.39 is 10.0 Å². The van der Waals surface area contributed by atoms with Gasteiger partial charge in [-0.05, 0) is 30.3 Å². The molecule has 0 saturated heterocycles. The van der Waals surface area contributed by atoms with Gasteiger partial charge in [-0.2, -0.15) is 13.5 Å². The number of hydrazone groups is 1. The molecule has 0 fully saturated rings. The number of phenols is 1. The summed E-state index contributed by atoms with van der Waals surface area (Å²) < 4.78 is 29.9. The van der Waals surface area contributed by atoms with Crippen LogP contribution in [-0.4, -0.2) is 26.8 Å². The molecule has 0 amide bonds. The van der Waals surface area contributed by atoms with Gasteiger partial charge in [-0.25, -0.2) is 4.83 Å². The van der Waals surface area contributed by atoms with Gasteiger partial charge in [0.05, 0.1) is 28.3 Å². The lowest BCUT2D eigenvalue weighted by molar-refractivity contribution is 0.373. The first-order valence-electron chi connectivity index (χ1n) is 6.31. The molecule has 0 bridgehead atoms. The van der Waals surface area contributed by atoms with Crippen LogP contribution in [0, 0.1) is 0 Å². The smallest absolute Gasteiger partial charge is 0.276 e. The van der Waals surface area contributed by atoms with Gasteiger partial charge in [0.1, 0.15) is 0 Å². The summed E-state index contributed by atoms with van der Waals surface area (Å²) in [5.41, 5.74) is 0.262. The quantitative estimate of drug-likeness (QED) is 0.532. The number of rotatable bonds is 5. The van der Waals surface area contributed by atoms with Gasteiger partial charge in [0, 0.05) is 10.0 Å². The molecule has 2 rings (SSSR count). The SMILES string of the molecule is COc1cc(Br)cc(/C=N/NS(=O)(=O)c2ccc(Cl)c(Cl)c2)c1O. The number of ether oxygens (including phenoxy) is 1. The number of halogens is 3. The number of nitrogens with zero attached hydrogens (tertiary/aromatic N) is 1. The summed E-state index contributed by atoms with van der Waals surface area (Å²) in [6, 6.07) is 6.99. The summed E-state index contributed by atoms with van der Waals surface area (Å²) in [4.78, 5) is 1.93. The lowest BCUT2D eigenvalue weighted by Gasteiger charge is -2.07. The van der Waals surface area contributed by atoms with Crippen LogP contribution in [0.2, 0.25) is 10.0 Å². The average molecular weight is 454 g/mol. The topological polar surface area (TPSA) is 88.0 Å².